The van der Waals surface area contributed by atoms with E-state index in [0.29, 0.717) is 15.7 Å². The van der Waals surface area contributed by atoms with E-state index in [-0.39, 0.29) is 0 Å². The van der Waals surface area contributed by atoms with E-state index in [4.69, 9.17) is 23.2 Å². The summed E-state index contributed by atoms with van der Waals surface area (Å²) in [4.78, 5) is 5.91. The third kappa shape index (κ3) is 3.62. The lowest BCUT2D eigenvalue weighted by molar-refractivity contribution is 1.13. The first-order valence-corrected chi connectivity index (χ1v) is 6.69. The highest BCUT2D eigenvalue weighted by molar-refractivity contribution is 6.38. The fourth-order valence-corrected chi connectivity index (χ4v) is 2.00. The minimum absolute atomic E-state index is 0.428. The van der Waals surface area contributed by atoms with Gasteiger partial charge in [-0.3, -0.25) is 10.4 Å². The van der Waals surface area contributed by atoms with Gasteiger partial charge in [-0.15, -0.1) is 0 Å². The van der Waals surface area contributed by atoms with Crippen LogP contribution in [0.3, 0.4) is 0 Å². The fourth-order valence-electron chi connectivity index (χ4n) is 1.55. The summed E-state index contributed by atoms with van der Waals surface area (Å²) in [6, 6.07) is 8.01. The van der Waals surface area contributed by atoms with Crippen LogP contribution in [-0.2, 0) is 0 Å². The van der Waals surface area contributed by atoms with Crippen molar-refractivity contribution in [2.45, 2.75) is 0 Å². The van der Waals surface area contributed by atoms with E-state index >= 15 is 0 Å². The highest BCUT2D eigenvalue weighted by atomic mass is 35.5. The van der Waals surface area contributed by atoms with E-state index in [1.165, 1.54) is 12.4 Å². The van der Waals surface area contributed by atoms with Crippen LogP contribution < -0.4 is 10.3 Å². The van der Waals surface area contributed by atoms with Gasteiger partial charge in [0.2, 0.25) is 0 Å². The Bertz CT molecular complexity index is 589. The Morgan fingerprint density at radius 3 is 2.25 bits per heavy atom. The minimum Gasteiger partial charge on any atom is -0.378 e. The lowest BCUT2D eigenvalue weighted by Crippen LogP contribution is -2.08. The molecule has 1 aromatic carbocycles. The smallest absolute Gasteiger partial charge is 0.0965 e. The number of pyridine rings is 1. The first-order chi connectivity index (χ1) is 9.58. The number of benzene rings is 1. The van der Waals surface area contributed by atoms with Crippen molar-refractivity contribution in [1.82, 2.24) is 4.98 Å². The first kappa shape index (κ1) is 14.6. The number of nitrogens with one attached hydrogen (secondary N) is 1. The minimum atomic E-state index is 0.428. The maximum absolute atomic E-state index is 5.98. The molecule has 0 fully saturated rings. The zero-order valence-corrected chi connectivity index (χ0v) is 12.7. The number of aromatic nitrogens is 1. The van der Waals surface area contributed by atoms with E-state index < -0.39 is 0 Å². The molecule has 0 saturated heterocycles. The van der Waals surface area contributed by atoms with Crippen LogP contribution in [0.5, 0.6) is 0 Å². The molecule has 0 aliphatic carbocycles. The molecule has 104 valence electrons. The molecule has 0 bridgehead atoms. The van der Waals surface area contributed by atoms with Gasteiger partial charge >= 0.3 is 0 Å². The summed E-state index contributed by atoms with van der Waals surface area (Å²) in [5, 5.41) is 4.98. The number of halogens is 2. The monoisotopic (exact) mass is 308 g/mol. The number of hydrogen-bond acceptors (Lipinski definition) is 4. The summed E-state index contributed by atoms with van der Waals surface area (Å²) in [5.41, 5.74) is 5.48. The van der Waals surface area contributed by atoms with Crippen LogP contribution in [0.25, 0.3) is 0 Å². The molecule has 6 heteroatoms. The van der Waals surface area contributed by atoms with Crippen LogP contribution in [0.2, 0.25) is 10.0 Å². The number of hydrogen-bond donors (Lipinski definition) is 1. The number of anilines is 2. The summed E-state index contributed by atoms with van der Waals surface area (Å²) in [5.74, 6) is 0. The van der Waals surface area contributed by atoms with E-state index in [2.05, 4.69) is 15.5 Å². The topological polar surface area (TPSA) is 40.5 Å². The molecule has 20 heavy (non-hydrogen) atoms. The number of hydrazone groups is 1. The van der Waals surface area contributed by atoms with Crippen molar-refractivity contribution in [3.8, 4) is 0 Å². The normalized spacial score (nSPS) is 10.8. The predicted octanol–water partition coefficient (Wildman–Crippen LogP) is 3.90. The maximum atomic E-state index is 5.98. The van der Waals surface area contributed by atoms with Crippen molar-refractivity contribution in [1.29, 1.82) is 0 Å². The summed E-state index contributed by atoms with van der Waals surface area (Å²) in [7, 11) is 4.00. The summed E-state index contributed by atoms with van der Waals surface area (Å²) < 4.78 is 0. The molecule has 2 rings (SSSR count). The molecular formula is C14H14Cl2N4. The van der Waals surface area contributed by atoms with Crippen molar-refractivity contribution in [2.75, 3.05) is 24.4 Å². The Morgan fingerprint density at radius 2 is 1.70 bits per heavy atom. The standard InChI is InChI=1S/C14H14Cl2N4/c1-20(2)11-5-3-10(4-6-11)7-18-19-14-12(15)8-17-9-13(14)16/h3-9H,1-2H3,(H,17,19)/b18-7+. The van der Waals surface area contributed by atoms with Crippen LogP contribution in [0.4, 0.5) is 11.4 Å². The van der Waals surface area contributed by atoms with Crippen LogP contribution in [0.15, 0.2) is 41.8 Å². The SMILES string of the molecule is CN(C)c1ccc(/C=N/Nc2c(Cl)cncc2Cl)cc1. The Labute approximate surface area is 128 Å². The molecule has 2 aromatic rings. The molecule has 0 spiro atoms. The predicted molar refractivity (Wildman–Crippen MR) is 86.2 cm³/mol. The van der Waals surface area contributed by atoms with E-state index in [1.807, 2.05) is 43.3 Å². The third-order valence-electron chi connectivity index (χ3n) is 2.65. The summed E-state index contributed by atoms with van der Waals surface area (Å²) in [6.45, 7) is 0. The van der Waals surface area contributed by atoms with Crippen LogP contribution in [-0.4, -0.2) is 25.3 Å². The average Bonchev–Trinajstić information content (AvgIpc) is 2.42. The van der Waals surface area contributed by atoms with Crippen LogP contribution in [0, 0.1) is 0 Å². The van der Waals surface area contributed by atoms with Crippen LogP contribution in [0.1, 0.15) is 5.56 Å². The highest BCUT2D eigenvalue weighted by Crippen LogP contribution is 2.28. The molecule has 0 atom stereocenters. The Hall–Kier alpha value is -1.78. The van der Waals surface area contributed by atoms with Gasteiger partial charge in [0.15, 0.2) is 0 Å². The molecule has 1 N–H and O–H groups in total. The number of nitrogens with zero attached hydrogens (tertiary/aromatic N) is 3. The summed E-state index contributed by atoms with van der Waals surface area (Å²) in [6.07, 6.45) is 4.72. The van der Waals surface area contributed by atoms with Crippen molar-refractivity contribution in [3.63, 3.8) is 0 Å². The van der Waals surface area contributed by atoms with Gasteiger partial charge in [0.25, 0.3) is 0 Å². The van der Waals surface area contributed by atoms with Gasteiger partial charge in [0.1, 0.15) is 0 Å². The van der Waals surface area contributed by atoms with Crippen molar-refractivity contribution < 1.29 is 0 Å². The van der Waals surface area contributed by atoms with Crippen molar-refractivity contribution >= 4 is 40.8 Å². The second-order valence-corrected chi connectivity index (χ2v) is 5.15. The molecule has 0 unspecified atom stereocenters. The van der Waals surface area contributed by atoms with Gasteiger partial charge in [-0.1, -0.05) is 35.3 Å². The molecule has 0 saturated carbocycles. The van der Waals surface area contributed by atoms with Gasteiger partial charge in [-0.25, -0.2) is 0 Å². The highest BCUT2D eigenvalue weighted by Gasteiger charge is 2.04. The van der Waals surface area contributed by atoms with Crippen molar-refractivity contribution in [3.05, 3.63) is 52.3 Å². The quantitative estimate of drug-likeness (QED) is 0.688. The van der Waals surface area contributed by atoms with E-state index in [9.17, 15) is 0 Å². The van der Waals surface area contributed by atoms with E-state index in [1.54, 1.807) is 6.21 Å². The molecule has 0 radical (unpaired) electrons. The second kappa shape index (κ2) is 6.59. The molecular weight excluding hydrogens is 295 g/mol. The molecule has 0 amide bonds. The summed E-state index contributed by atoms with van der Waals surface area (Å²) >= 11 is 12.0. The van der Waals surface area contributed by atoms with Gasteiger partial charge in [0, 0.05) is 32.2 Å². The van der Waals surface area contributed by atoms with Gasteiger partial charge in [-0.05, 0) is 17.7 Å². The number of rotatable bonds is 4. The lowest BCUT2D eigenvalue weighted by atomic mass is 10.2. The second-order valence-electron chi connectivity index (χ2n) is 4.33. The molecule has 4 nitrogen and oxygen atoms in total. The van der Waals surface area contributed by atoms with E-state index in [0.717, 1.165) is 11.3 Å². The molecule has 0 aliphatic rings. The van der Waals surface area contributed by atoms with Gasteiger partial charge in [-0.2, -0.15) is 5.10 Å². The lowest BCUT2D eigenvalue weighted by Gasteiger charge is -2.11. The van der Waals surface area contributed by atoms with Gasteiger partial charge < -0.3 is 4.90 Å². The third-order valence-corrected chi connectivity index (χ3v) is 3.23. The largest absolute Gasteiger partial charge is 0.378 e. The zero-order valence-electron chi connectivity index (χ0n) is 11.1. The molecule has 0 aliphatic heterocycles. The maximum Gasteiger partial charge on any atom is 0.0965 e. The van der Waals surface area contributed by atoms with Crippen molar-refractivity contribution in [2.24, 2.45) is 5.10 Å². The van der Waals surface area contributed by atoms with Gasteiger partial charge in [0.05, 0.1) is 21.9 Å². The molecule has 1 aromatic heterocycles. The zero-order chi connectivity index (χ0) is 14.5. The Morgan fingerprint density at radius 1 is 1.10 bits per heavy atom. The first-order valence-electron chi connectivity index (χ1n) is 5.93. The fraction of sp³-hybridized carbons (Fsp3) is 0.143. The Kier molecular flexibility index (Phi) is 4.82. The Balaban J connectivity index is 2.07. The average molecular weight is 309 g/mol. The van der Waals surface area contributed by atoms with Crippen LogP contribution >= 0.6 is 23.2 Å². The molecule has 1 heterocycles.